The summed E-state index contributed by atoms with van der Waals surface area (Å²) in [6.07, 6.45) is 0. The Morgan fingerprint density at radius 1 is 1.06 bits per heavy atom. The first-order valence-corrected chi connectivity index (χ1v) is 5.51. The summed E-state index contributed by atoms with van der Waals surface area (Å²) in [5, 5.41) is 20.2. The topological polar surface area (TPSA) is 143 Å². The van der Waals surface area contributed by atoms with E-state index >= 15 is 0 Å². The van der Waals surface area contributed by atoms with Gasteiger partial charge in [0, 0.05) is 12.1 Å². The van der Waals surface area contributed by atoms with Gasteiger partial charge in [-0.2, -0.15) is 0 Å². The molecule has 18 heavy (non-hydrogen) atoms. The zero-order valence-electron chi connectivity index (χ0n) is 8.69. The summed E-state index contributed by atoms with van der Waals surface area (Å²) in [7, 11) is -5.04. The van der Waals surface area contributed by atoms with E-state index in [2.05, 4.69) is 0 Å². The third-order valence-corrected chi connectivity index (χ3v) is 2.99. The molecule has 12 heteroatoms. The van der Waals surface area contributed by atoms with Gasteiger partial charge in [-0.1, -0.05) is 11.6 Å². The number of nitrogens with zero attached hydrogens (tertiary/aromatic N) is 2. The van der Waals surface area contributed by atoms with Crippen molar-refractivity contribution in [3.8, 4) is 0 Å². The van der Waals surface area contributed by atoms with Crippen molar-refractivity contribution >= 4 is 33.1 Å². The fraction of sp³-hybridized carbons (Fsp3) is 0. The van der Waals surface area contributed by atoms with E-state index in [9.17, 15) is 33.2 Å². The Bertz CT molecular complexity index is 617. The van der Waals surface area contributed by atoms with Crippen molar-refractivity contribution in [2.24, 2.45) is 0 Å². The number of hydrogen-bond acceptors (Lipinski definition) is 7. The molecule has 1 aromatic carbocycles. The quantitative estimate of drug-likeness (QED) is 0.273. The van der Waals surface area contributed by atoms with Gasteiger partial charge in [-0.25, -0.2) is 8.42 Å². The summed E-state index contributed by atoms with van der Waals surface area (Å²) in [5.74, 6) is 0. The maximum absolute atomic E-state index is 10.7. The fourth-order valence-corrected chi connectivity index (χ4v) is 2.01. The van der Waals surface area contributed by atoms with Crippen LogP contribution in [-0.2, 0) is 10.1 Å². The van der Waals surface area contributed by atoms with Gasteiger partial charge < -0.3 is 4.55 Å². The van der Waals surface area contributed by atoms with Gasteiger partial charge in [0.1, 0.15) is 10.1 Å². The molecule has 0 aromatic heterocycles. The first-order chi connectivity index (χ1) is 7.64. The molecule has 0 heterocycles. The predicted octanol–water partition coefficient (Wildman–Crippen LogP) is -1.94. The van der Waals surface area contributed by atoms with Crippen molar-refractivity contribution in [1.82, 2.24) is 0 Å². The van der Waals surface area contributed by atoms with E-state index in [1.54, 1.807) is 0 Å². The molecule has 9 nitrogen and oxygen atoms in total. The van der Waals surface area contributed by atoms with Gasteiger partial charge in [-0.3, -0.25) is 20.2 Å². The zero-order chi connectivity index (χ0) is 13.4. The first kappa shape index (κ1) is 17.2. The van der Waals surface area contributed by atoms with Crippen molar-refractivity contribution in [3.05, 3.63) is 37.4 Å². The zero-order valence-corrected chi connectivity index (χ0v) is 12.3. The molecule has 0 saturated heterocycles. The molecule has 0 radical (unpaired) electrons. The Kier molecular flexibility index (Phi) is 5.65. The summed E-state index contributed by atoms with van der Waals surface area (Å²) in [6.45, 7) is 0. The Labute approximate surface area is 127 Å². The van der Waals surface area contributed by atoms with E-state index in [0.717, 1.165) is 0 Å². The summed E-state index contributed by atoms with van der Waals surface area (Å²) in [5.41, 5.74) is -2.11. The smallest absolute Gasteiger partial charge is 0.744 e. The van der Waals surface area contributed by atoms with Gasteiger partial charge >= 0.3 is 40.9 Å². The average molecular weight is 305 g/mol. The van der Waals surface area contributed by atoms with Gasteiger partial charge in [-0.05, 0) is 0 Å². The van der Waals surface area contributed by atoms with E-state index in [-0.39, 0.29) is 35.6 Å². The average Bonchev–Trinajstić information content (AvgIpc) is 2.14. The Balaban J connectivity index is 0.00000289. The van der Waals surface area contributed by atoms with E-state index in [0.29, 0.717) is 6.07 Å². The van der Waals surface area contributed by atoms with Crippen LogP contribution in [0.4, 0.5) is 11.4 Å². The minimum Gasteiger partial charge on any atom is -0.744 e. The molecular weight excluding hydrogens is 303 g/mol. The van der Waals surface area contributed by atoms with Gasteiger partial charge in [0.2, 0.25) is 0 Å². The van der Waals surface area contributed by atoms with E-state index < -0.39 is 41.3 Å². The second kappa shape index (κ2) is 5.91. The fourth-order valence-electron chi connectivity index (χ4n) is 1.02. The minimum absolute atomic E-state index is 0. The monoisotopic (exact) mass is 304 g/mol. The van der Waals surface area contributed by atoms with Crippen molar-refractivity contribution in [1.29, 1.82) is 0 Å². The van der Waals surface area contributed by atoms with E-state index in [1.165, 1.54) is 0 Å². The third-order valence-electron chi connectivity index (χ3n) is 1.69. The SMILES string of the molecule is O=[N+]([O-])c1cc(Cl)c(S(=O)(=O)[O-])cc1[N+](=O)[O-].[Na+]. The molecular formula is C6H2ClN2NaO7S. The van der Waals surface area contributed by atoms with E-state index in [1.807, 2.05) is 0 Å². The van der Waals surface area contributed by atoms with Crippen LogP contribution in [0, 0.1) is 20.2 Å². The number of rotatable bonds is 3. The number of benzene rings is 1. The Hall–Kier alpha value is -0.780. The second-order valence-corrected chi connectivity index (χ2v) is 4.49. The van der Waals surface area contributed by atoms with Gasteiger partial charge in [0.15, 0.2) is 0 Å². The maximum Gasteiger partial charge on any atom is 1.00 e. The Morgan fingerprint density at radius 2 is 1.44 bits per heavy atom. The van der Waals surface area contributed by atoms with E-state index in [4.69, 9.17) is 11.6 Å². The second-order valence-electron chi connectivity index (χ2n) is 2.74. The third kappa shape index (κ3) is 3.60. The molecule has 0 spiro atoms. The molecule has 0 aliphatic carbocycles. The van der Waals surface area contributed by atoms with Crippen molar-refractivity contribution in [3.63, 3.8) is 0 Å². The molecule has 0 bridgehead atoms. The molecule has 0 saturated carbocycles. The Morgan fingerprint density at radius 3 is 1.78 bits per heavy atom. The molecule has 0 unspecified atom stereocenters. The van der Waals surface area contributed by atoms with Crippen LogP contribution in [0.15, 0.2) is 17.0 Å². The first-order valence-electron chi connectivity index (χ1n) is 3.73. The summed E-state index contributed by atoms with van der Waals surface area (Å²) < 4.78 is 32.0. The molecule has 92 valence electrons. The van der Waals surface area contributed by atoms with Crippen LogP contribution in [0.3, 0.4) is 0 Å². The molecule has 1 aromatic rings. The molecule has 0 amide bonds. The van der Waals surface area contributed by atoms with Crippen molar-refractivity contribution in [2.45, 2.75) is 4.90 Å². The maximum atomic E-state index is 10.7. The molecule has 0 aliphatic heterocycles. The largest absolute Gasteiger partial charge is 1.00 e. The van der Waals surface area contributed by atoms with Crippen LogP contribution in [0.2, 0.25) is 5.02 Å². The minimum atomic E-state index is -5.04. The number of nitro benzene ring substituents is 2. The summed E-state index contributed by atoms with van der Waals surface area (Å²) in [6, 6.07) is 0.716. The number of halogens is 1. The van der Waals surface area contributed by atoms with Crippen LogP contribution in [0.25, 0.3) is 0 Å². The molecule has 0 fully saturated rings. The van der Waals surface area contributed by atoms with Crippen LogP contribution < -0.4 is 29.6 Å². The predicted molar refractivity (Wildman–Crippen MR) is 52.7 cm³/mol. The van der Waals surface area contributed by atoms with Crippen molar-refractivity contribution in [2.75, 3.05) is 0 Å². The van der Waals surface area contributed by atoms with Crippen LogP contribution >= 0.6 is 11.6 Å². The number of nitro groups is 2. The number of hydrogen-bond donors (Lipinski definition) is 0. The molecule has 1 rings (SSSR count). The van der Waals surface area contributed by atoms with Crippen LogP contribution in [0.1, 0.15) is 0 Å². The van der Waals surface area contributed by atoms with Gasteiger partial charge in [0.25, 0.3) is 0 Å². The summed E-state index contributed by atoms with van der Waals surface area (Å²) in [4.78, 5) is 17.6. The standard InChI is InChI=1S/C6H3ClN2O7S.Na/c7-3-1-4(8(10)11)5(9(12)13)2-6(3)17(14,15)16;/h1-2H,(H,14,15,16);/q;+1/p-1. The summed E-state index contributed by atoms with van der Waals surface area (Å²) >= 11 is 5.33. The normalized spacial score (nSPS) is 10.6. The van der Waals surface area contributed by atoms with Gasteiger partial charge in [0.05, 0.1) is 19.8 Å². The van der Waals surface area contributed by atoms with Gasteiger partial charge in [-0.15, -0.1) is 0 Å². The molecule has 0 atom stereocenters. The van der Waals surface area contributed by atoms with Crippen LogP contribution in [0.5, 0.6) is 0 Å². The molecule has 0 N–H and O–H groups in total. The van der Waals surface area contributed by atoms with Crippen molar-refractivity contribution < 1.29 is 52.4 Å². The molecule has 0 aliphatic rings. The van der Waals surface area contributed by atoms with Crippen LogP contribution in [-0.4, -0.2) is 22.8 Å².